The average molecular weight is 274 g/mol. The highest BCUT2D eigenvalue weighted by molar-refractivity contribution is 7.18. The Bertz CT molecular complexity index is 621. The number of fused-ring (bicyclic) bond motifs is 1. The summed E-state index contributed by atoms with van der Waals surface area (Å²) in [5.41, 5.74) is 2.48. The highest BCUT2D eigenvalue weighted by atomic mass is 32.1. The van der Waals surface area contributed by atoms with E-state index >= 15 is 0 Å². The van der Waals surface area contributed by atoms with Crippen molar-refractivity contribution in [2.45, 2.75) is 13.0 Å². The minimum atomic E-state index is 0.944. The van der Waals surface area contributed by atoms with Crippen molar-refractivity contribution in [2.24, 2.45) is 0 Å². The molecule has 3 rings (SSSR count). The molecular weight excluding hydrogens is 260 g/mol. The number of thiophene rings is 1. The molecule has 18 heavy (non-hydrogen) atoms. The van der Waals surface area contributed by atoms with Crippen molar-refractivity contribution in [1.82, 2.24) is 10.3 Å². The number of aromatic nitrogens is 1. The molecule has 3 aromatic rings. The Balaban J connectivity index is 1.82. The van der Waals surface area contributed by atoms with Crippen molar-refractivity contribution >= 4 is 32.9 Å². The Morgan fingerprint density at radius 2 is 2.17 bits per heavy atom. The van der Waals surface area contributed by atoms with E-state index in [0.29, 0.717) is 0 Å². The van der Waals surface area contributed by atoms with Gasteiger partial charge in [0.1, 0.15) is 0 Å². The summed E-state index contributed by atoms with van der Waals surface area (Å²) in [6.45, 7) is 0.949. The molecule has 0 saturated carbocycles. The number of nitrogens with zero attached hydrogens (tertiary/aromatic N) is 1. The van der Waals surface area contributed by atoms with Gasteiger partial charge in [0.05, 0.1) is 15.2 Å². The minimum absolute atomic E-state index is 0.944. The van der Waals surface area contributed by atoms with E-state index in [1.165, 1.54) is 20.1 Å². The van der Waals surface area contributed by atoms with Gasteiger partial charge in [0.15, 0.2) is 0 Å². The van der Waals surface area contributed by atoms with E-state index in [9.17, 15) is 0 Å². The van der Waals surface area contributed by atoms with Gasteiger partial charge < -0.3 is 5.32 Å². The fraction of sp³-hybridized carbons (Fsp3) is 0.214. The fourth-order valence-corrected chi connectivity index (χ4v) is 3.86. The van der Waals surface area contributed by atoms with E-state index in [1.807, 2.05) is 24.5 Å². The maximum Gasteiger partial charge on any atom is 0.0982 e. The first-order valence-electron chi connectivity index (χ1n) is 5.90. The van der Waals surface area contributed by atoms with Crippen molar-refractivity contribution in [1.29, 1.82) is 0 Å². The molecule has 1 aromatic carbocycles. The lowest BCUT2D eigenvalue weighted by Gasteiger charge is -1.92. The Kier molecular flexibility index (Phi) is 3.41. The van der Waals surface area contributed by atoms with Crippen LogP contribution in [0.4, 0.5) is 0 Å². The highest BCUT2D eigenvalue weighted by Crippen LogP contribution is 2.25. The molecule has 0 unspecified atom stereocenters. The normalized spacial score (nSPS) is 11.2. The van der Waals surface area contributed by atoms with E-state index in [1.54, 1.807) is 11.3 Å². The third-order valence-electron chi connectivity index (χ3n) is 2.75. The van der Waals surface area contributed by atoms with Crippen molar-refractivity contribution < 1.29 is 0 Å². The summed E-state index contributed by atoms with van der Waals surface area (Å²) in [4.78, 5) is 6.05. The van der Waals surface area contributed by atoms with Crippen LogP contribution in [0, 0.1) is 0 Å². The largest absolute Gasteiger partial charge is 0.315 e. The Morgan fingerprint density at radius 3 is 3.00 bits per heavy atom. The lowest BCUT2D eigenvalue weighted by atomic mass is 10.2. The predicted octanol–water partition coefficient (Wildman–Crippen LogP) is 3.67. The van der Waals surface area contributed by atoms with Crippen molar-refractivity contribution in [3.8, 4) is 0 Å². The highest BCUT2D eigenvalue weighted by Gasteiger charge is 2.06. The number of rotatable bonds is 4. The number of para-hydroxylation sites is 1. The monoisotopic (exact) mass is 274 g/mol. The molecule has 0 aliphatic heterocycles. The van der Waals surface area contributed by atoms with Gasteiger partial charge in [-0.1, -0.05) is 12.1 Å². The summed E-state index contributed by atoms with van der Waals surface area (Å²) < 4.78 is 1.28. The van der Waals surface area contributed by atoms with Gasteiger partial charge in [-0.25, -0.2) is 4.98 Å². The first-order valence-corrected chi connectivity index (χ1v) is 7.60. The maximum atomic E-state index is 4.67. The van der Waals surface area contributed by atoms with Gasteiger partial charge in [-0.15, -0.1) is 22.7 Å². The molecule has 92 valence electrons. The van der Waals surface area contributed by atoms with Gasteiger partial charge in [0.25, 0.3) is 0 Å². The molecule has 0 amide bonds. The van der Waals surface area contributed by atoms with Gasteiger partial charge >= 0.3 is 0 Å². The maximum absolute atomic E-state index is 4.67. The molecule has 2 heterocycles. The van der Waals surface area contributed by atoms with Gasteiger partial charge in [-0.2, -0.15) is 0 Å². The minimum Gasteiger partial charge on any atom is -0.315 e. The molecule has 0 aliphatic rings. The second kappa shape index (κ2) is 5.18. The van der Waals surface area contributed by atoms with E-state index < -0.39 is 0 Å². The van der Waals surface area contributed by atoms with Gasteiger partial charge in [-0.05, 0) is 36.2 Å². The zero-order valence-corrected chi connectivity index (χ0v) is 11.8. The molecule has 2 aromatic heterocycles. The summed E-state index contributed by atoms with van der Waals surface area (Å²) in [6, 6.07) is 10.6. The number of nitrogens with one attached hydrogen (secondary N) is 1. The standard InChI is InChI=1S/C14H14N2S2/c1-15-8-11-6-10(9-17-11)7-14-16-12-4-2-3-5-13(12)18-14/h2-6,9,15H,7-8H2,1H3. The second-order valence-electron chi connectivity index (χ2n) is 4.20. The van der Waals surface area contributed by atoms with Crippen molar-refractivity contribution in [3.05, 3.63) is 51.2 Å². The molecule has 0 bridgehead atoms. The van der Waals surface area contributed by atoms with Gasteiger partial charge in [0, 0.05) is 17.8 Å². The van der Waals surface area contributed by atoms with Crippen molar-refractivity contribution in [2.75, 3.05) is 7.05 Å². The molecule has 0 radical (unpaired) electrons. The average Bonchev–Trinajstić information content (AvgIpc) is 2.96. The zero-order chi connectivity index (χ0) is 12.4. The topological polar surface area (TPSA) is 24.9 Å². The lowest BCUT2D eigenvalue weighted by Crippen LogP contribution is -2.02. The second-order valence-corrected chi connectivity index (χ2v) is 6.31. The molecule has 2 nitrogen and oxygen atoms in total. The quantitative estimate of drug-likeness (QED) is 0.785. The Hall–Kier alpha value is -1.23. The zero-order valence-electron chi connectivity index (χ0n) is 10.1. The Morgan fingerprint density at radius 1 is 1.28 bits per heavy atom. The first-order chi connectivity index (χ1) is 8.85. The Labute approximate surface area is 114 Å². The number of benzene rings is 1. The van der Waals surface area contributed by atoms with Crippen LogP contribution in [0.25, 0.3) is 10.2 Å². The van der Waals surface area contributed by atoms with Crippen LogP contribution in [0.1, 0.15) is 15.4 Å². The molecule has 0 atom stereocenters. The number of hydrogen-bond acceptors (Lipinski definition) is 4. The summed E-state index contributed by atoms with van der Waals surface area (Å²) in [6.07, 6.45) is 0.944. The first kappa shape index (κ1) is 11.8. The molecule has 4 heteroatoms. The van der Waals surface area contributed by atoms with Crippen LogP contribution >= 0.6 is 22.7 Å². The van der Waals surface area contributed by atoms with E-state index in [0.717, 1.165) is 18.5 Å². The predicted molar refractivity (Wildman–Crippen MR) is 79.5 cm³/mol. The molecule has 0 saturated heterocycles. The van der Waals surface area contributed by atoms with E-state index in [2.05, 4.69) is 39.9 Å². The summed E-state index contributed by atoms with van der Waals surface area (Å²) in [7, 11) is 1.98. The van der Waals surface area contributed by atoms with Gasteiger partial charge in [-0.3, -0.25) is 0 Å². The van der Waals surface area contributed by atoms with E-state index in [-0.39, 0.29) is 0 Å². The van der Waals surface area contributed by atoms with Gasteiger partial charge in [0.2, 0.25) is 0 Å². The molecular formula is C14H14N2S2. The van der Waals surface area contributed by atoms with Crippen LogP contribution in [0.2, 0.25) is 0 Å². The summed E-state index contributed by atoms with van der Waals surface area (Å²) in [5, 5.41) is 6.61. The molecule has 0 fully saturated rings. The van der Waals surface area contributed by atoms with Crippen LogP contribution < -0.4 is 5.32 Å². The fourth-order valence-electron chi connectivity index (χ4n) is 1.96. The summed E-state index contributed by atoms with van der Waals surface area (Å²) in [5.74, 6) is 0. The molecule has 1 N–H and O–H groups in total. The summed E-state index contributed by atoms with van der Waals surface area (Å²) >= 11 is 3.61. The van der Waals surface area contributed by atoms with Crippen LogP contribution in [0.3, 0.4) is 0 Å². The lowest BCUT2D eigenvalue weighted by molar-refractivity contribution is 0.830. The van der Waals surface area contributed by atoms with Crippen LogP contribution in [0.15, 0.2) is 35.7 Å². The number of hydrogen-bond donors (Lipinski definition) is 1. The third kappa shape index (κ3) is 2.46. The number of thiazole rings is 1. The third-order valence-corrected chi connectivity index (χ3v) is 4.77. The van der Waals surface area contributed by atoms with Crippen molar-refractivity contribution in [3.63, 3.8) is 0 Å². The smallest absolute Gasteiger partial charge is 0.0982 e. The van der Waals surface area contributed by atoms with Crippen LogP contribution in [-0.4, -0.2) is 12.0 Å². The molecule has 0 spiro atoms. The van der Waals surface area contributed by atoms with E-state index in [4.69, 9.17) is 0 Å². The SMILES string of the molecule is CNCc1cc(Cc2nc3ccccc3s2)cs1. The molecule has 0 aliphatic carbocycles. The van der Waals surface area contributed by atoms with Crippen LogP contribution in [-0.2, 0) is 13.0 Å². The van der Waals surface area contributed by atoms with Crippen LogP contribution in [0.5, 0.6) is 0 Å².